The average Bonchev–Trinajstić information content (AvgIpc) is 2.53. The fourth-order valence-corrected chi connectivity index (χ4v) is 1.35. The Labute approximate surface area is 84.1 Å². The molecule has 0 N–H and O–H groups in total. The van der Waals surface area contributed by atoms with Crippen molar-refractivity contribution in [3.05, 3.63) is 34.8 Å². The number of aromatic nitrogens is 2. The van der Waals surface area contributed by atoms with Crippen molar-refractivity contribution in [1.82, 2.24) is 9.36 Å². The molecule has 0 amide bonds. The predicted octanol–water partition coefficient (Wildman–Crippen LogP) is 2.98. The Kier molecular flexibility index (Phi) is 2.42. The van der Waals surface area contributed by atoms with E-state index in [-0.39, 0.29) is 0 Å². The van der Waals surface area contributed by atoms with E-state index >= 15 is 0 Å². The fraction of sp³-hybridized carbons (Fsp3) is 0. The molecule has 0 aliphatic rings. The lowest BCUT2D eigenvalue weighted by Gasteiger charge is -1.97. The number of benzene rings is 1. The summed E-state index contributed by atoms with van der Waals surface area (Å²) in [6, 6.07) is 9.62. The minimum Gasteiger partial charge on any atom is -0.424 e. The highest BCUT2D eigenvalue weighted by Gasteiger charge is 2.02. The molecule has 2 aromatic rings. The van der Waals surface area contributed by atoms with Crippen LogP contribution in [0.25, 0.3) is 0 Å². The molecule has 0 bridgehead atoms. The SMILES string of the molecule is Clc1nc(Oc2ccccc2)ns1. The van der Waals surface area contributed by atoms with E-state index in [0.29, 0.717) is 16.2 Å². The number of hydrogen-bond donors (Lipinski definition) is 0. The molecule has 0 saturated heterocycles. The molecule has 0 fully saturated rings. The summed E-state index contributed by atoms with van der Waals surface area (Å²) in [4.78, 5) is 3.86. The normalized spacial score (nSPS) is 9.92. The van der Waals surface area contributed by atoms with Gasteiger partial charge in [-0.2, -0.15) is 4.98 Å². The summed E-state index contributed by atoms with van der Waals surface area (Å²) in [7, 11) is 0. The largest absolute Gasteiger partial charge is 0.424 e. The highest BCUT2D eigenvalue weighted by Crippen LogP contribution is 2.21. The molecule has 3 nitrogen and oxygen atoms in total. The van der Waals surface area contributed by atoms with Crippen LogP contribution in [0.4, 0.5) is 0 Å². The number of halogens is 1. The van der Waals surface area contributed by atoms with Crippen LogP contribution in [0.3, 0.4) is 0 Å². The van der Waals surface area contributed by atoms with E-state index in [1.54, 1.807) is 0 Å². The lowest BCUT2D eigenvalue weighted by atomic mass is 10.3. The van der Waals surface area contributed by atoms with Gasteiger partial charge in [-0.05, 0) is 23.7 Å². The molecule has 0 spiro atoms. The van der Waals surface area contributed by atoms with E-state index in [1.165, 1.54) is 0 Å². The number of hydrogen-bond acceptors (Lipinski definition) is 4. The monoisotopic (exact) mass is 212 g/mol. The quantitative estimate of drug-likeness (QED) is 0.768. The van der Waals surface area contributed by atoms with E-state index in [4.69, 9.17) is 16.3 Å². The zero-order chi connectivity index (χ0) is 9.10. The molecule has 0 atom stereocenters. The number of rotatable bonds is 2. The second kappa shape index (κ2) is 3.72. The summed E-state index contributed by atoms with van der Waals surface area (Å²) in [6.07, 6.45) is 0. The smallest absolute Gasteiger partial charge is 0.335 e. The van der Waals surface area contributed by atoms with E-state index in [1.807, 2.05) is 30.3 Å². The van der Waals surface area contributed by atoms with Gasteiger partial charge in [0.25, 0.3) is 0 Å². The highest BCUT2D eigenvalue weighted by atomic mass is 35.5. The Morgan fingerprint density at radius 1 is 1.23 bits per heavy atom. The summed E-state index contributed by atoms with van der Waals surface area (Å²) < 4.78 is 9.57. The third-order valence-electron chi connectivity index (χ3n) is 1.33. The average molecular weight is 213 g/mol. The molecule has 66 valence electrons. The summed E-state index contributed by atoms with van der Waals surface area (Å²) in [5.41, 5.74) is 0. The van der Waals surface area contributed by atoms with Crippen LogP contribution in [-0.2, 0) is 0 Å². The topological polar surface area (TPSA) is 35.0 Å². The predicted molar refractivity (Wildman–Crippen MR) is 51.4 cm³/mol. The molecule has 1 aromatic heterocycles. The zero-order valence-electron chi connectivity index (χ0n) is 6.48. The van der Waals surface area contributed by atoms with Gasteiger partial charge in [0.15, 0.2) is 0 Å². The zero-order valence-corrected chi connectivity index (χ0v) is 8.05. The Bertz CT molecular complexity index is 390. The van der Waals surface area contributed by atoms with Crippen molar-refractivity contribution in [3.8, 4) is 11.8 Å². The number of nitrogens with zero attached hydrogens (tertiary/aromatic N) is 2. The van der Waals surface area contributed by atoms with E-state index in [0.717, 1.165) is 11.5 Å². The Morgan fingerprint density at radius 2 is 2.00 bits per heavy atom. The second-order valence-electron chi connectivity index (χ2n) is 2.25. The molecule has 0 aliphatic heterocycles. The van der Waals surface area contributed by atoms with Gasteiger partial charge in [-0.3, -0.25) is 0 Å². The minimum absolute atomic E-state index is 0.293. The molecule has 1 aromatic carbocycles. The van der Waals surface area contributed by atoms with E-state index < -0.39 is 0 Å². The van der Waals surface area contributed by atoms with Gasteiger partial charge in [0.1, 0.15) is 5.75 Å². The summed E-state index contributed by atoms with van der Waals surface area (Å²) in [5, 5.41) is 0. The highest BCUT2D eigenvalue weighted by molar-refractivity contribution is 7.10. The van der Waals surface area contributed by atoms with E-state index in [2.05, 4.69) is 9.36 Å². The molecule has 0 saturated carbocycles. The second-order valence-corrected chi connectivity index (χ2v) is 3.58. The first-order chi connectivity index (χ1) is 6.34. The Balaban J connectivity index is 2.15. The van der Waals surface area contributed by atoms with Crippen LogP contribution in [0.5, 0.6) is 11.8 Å². The van der Waals surface area contributed by atoms with Crippen molar-refractivity contribution in [1.29, 1.82) is 0 Å². The lowest BCUT2D eigenvalue weighted by molar-refractivity contribution is 0.449. The van der Waals surface area contributed by atoms with Gasteiger partial charge in [-0.1, -0.05) is 18.2 Å². The molecule has 1 heterocycles. The molecular formula is C8H5ClN2OS. The van der Waals surface area contributed by atoms with Crippen molar-refractivity contribution in [2.24, 2.45) is 0 Å². The van der Waals surface area contributed by atoms with Gasteiger partial charge in [0.2, 0.25) is 4.47 Å². The van der Waals surface area contributed by atoms with Crippen LogP contribution in [0.2, 0.25) is 4.47 Å². The van der Waals surface area contributed by atoms with Gasteiger partial charge < -0.3 is 4.74 Å². The van der Waals surface area contributed by atoms with Crippen LogP contribution in [0.1, 0.15) is 0 Å². The van der Waals surface area contributed by atoms with Crippen LogP contribution in [0, 0.1) is 0 Å². The third kappa shape index (κ3) is 2.17. The van der Waals surface area contributed by atoms with Crippen molar-refractivity contribution >= 4 is 23.1 Å². The van der Waals surface area contributed by atoms with Crippen LogP contribution >= 0.6 is 23.1 Å². The maximum atomic E-state index is 5.59. The number of ether oxygens (including phenoxy) is 1. The van der Waals surface area contributed by atoms with Crippen molar-refractivity contribution in [2.45, 2.75) is 0 Å². The standard InChI is InChI=1S/C8H5ClN2OS/c9-7-10-8(11-13-7)12-6-4-2-1-3-5-6/h1-5H. The van der Waals surface area contributed by atoms with Gasteiger partial charge in [-0.25, -0.2) is 0 Å². The van der Waals surface area contributed by atoms with Crippen molar-refractivity contribution in [2.75, 3.05) is 0 Å². The van der Waals surface area contributed by atoms with Crippen LogP contribution < -0.4 is 4.74 Å². The van der Waals surface area contributed by atoms with Crippen LogP contribution in [-0.4, -0.2) is 9.36 Å². The Hall–Kier alpha value is -1.13. The maximum Gasteiger partial charge on any atom is 0.335 e. The molecule has 0 radical (unpaired) electrons. The lowest BCUT2D eigenvalue weighted by Crippen LogP contribution is -1.84. The molecular weight excluding hydrogens is 208 g/mol. The van der Waals surface area contributed by atoms with Gasteiger partial charge in [0, 0.05) is 11.5 Å². The minimum atomic E-state index is 0.293. The van der Waals surface area contributed by atoms with Crippen molar-refractivity contribution < 1.29 is 4.74 Å². The summed E-state index contributed by atoms with van der Waals surface area (Å²) >= 11 is 6.69. The summed E-state index contributed by atoms with van der Waals surface area (Å²) in [5.74, 6) is 0.706. The van der Waals surface area contributed by atoms with Crippen molar-refractivity contribution in [3.63, 3.8) is 0 Å². The van der Waals surface area contributed by atoms with E-state index in [9.17, 15) is 0 Å². The van der Waals surface area contributed by atoms with Crippen LogP contribution in [0.15, 0.2) is 30.3 Å². The molecule has 0 unspecified atom stereocenters. The van der Waals surface area contributed by atoms with Gasteiger partial charge in [-0.15, -0.1) is 4.37 Å². The molecule has 0 aliphatic carbocycles. The summed E-state index contributed by atoms with van der Waals surface area (Å²) in [6.45, 7) is 0. The molecule has 5 heteroatoms. The fourth-order valence-electron chi connectivity index (χ4n) is 0.828. The number of para-hydroxylation sites is 1. The maximum absolute atomic E-state index is 5.59. The molecule has 2 rings (SSSR count). The van der Waals surface area contributed by atoms with Gasteiger partial charge in [0.05, 0.1) is 0 Å². The third-order valence-corrected chi connectivity index (χ3v) is 2.12. The first-order valence-corrected chi connectivity index (χ1v) is 4.72. The first kappa shape index (κ1) is 8.47. The Morgan fingerprint density at radius 3 is 2.62 bits per heavy atom. The molecule has 13 heavy (non-hydrogen) atoms. The van der Waals surface area contributed by atoms with Gasteiger partial charge >= 0.3 is 6.01 Å². The first-order valence-electron chi connectivity index (χ1n) is 3.57.